The van der Waals surface area contributed by atoms with E-state index in [0.29, 0.717) is 12.5 Å². The molecule has 0 spiro atoms. The van der Waals surface area contributed by atoms with Crippen molar-refractivity contribution >= 4 is 11.6 Å². The standard InChI is InChI=1S/C18H26N2O2/c1-13(2)12-22-16-10-8-15(9-11-16)20-18(21)17(19)14-6-4-3-5-7-14/h8-11,14,17H,1,3-7,12,19H2,2H3,(H,20,21)/t17-/m0/s1. The molecular weight excluding hydrogens is 276 g/mol. The van der Waals surface area contributed by atoms with Crippen molar-refractivity contribution in [2.75, 3.05) is 11.9 Å². The van der Waals surface area contributed by atoms with E-state index < -0.39 is 6.04 Å². The summed E-state index contributed by atoms with van der Waals surface area (Å²) in [5.41, 5.74) is 7.82. The summed E-state index contributed by atoms with van der Waals surface area (Å²) >= 11 is 0. The number of hydrogen-bond acceptors (Lipinski definition) is 3. The molecule has 0 unspecified atom stereocenters. The van der Waals surface area contributed by atoms with Gasteiger partial charge in [0.15, 0.2) is 0 Å². The molecule has 0 bridgehead atoms. The lowest BCUT2D eigenvalue weighted by Gasteiger charge is -2.26. The van der Waals surface area contributed by atoms with Gasteiger partial charge < -0.3 is 15.8 Å². The van der Waals surface area contributed by atoms with Gasteiger partial charge in [-0.2, -0.15) is 0 Å². The van der Waals surface area contributed by atoms with Gasteiger partial charge in [-0.25, -0.2) is 0 Å². The normalized spacial score (nSPS) is 16.8. The molecule has 4 nitrogen and oxygen atoms in total. The molecule has 1 atom stereocenters. The molecule has 0 aliphatic heterocycles. The van der Waals surface area contributed by atoms with Gasteiger partial charge in [0.2, 0.25) is 5.91 Å². The van der Waals surface area contributed by atoms with Crippen LogP contribution in [0.25, 0.3) is 0 Å². The summed E-state index contributed by atoms with van der Waals surface area (Å²) in [5, 5.41) is 2.89. The van der Waals surface area contributed by atoms with Crippen LogP contribution in [0.15, 0.2) is 36.4 Å². The molecule has 0 aromatic heterocycles. The highest BCUT2D eigenvalue weighted by atomic mass is 16.5. The van der Waals surface area contributed by atoms with Crippen LogP contribution in [0.4, 0.5) is 5.69 Å². The molecule has 1 fully saturated rings. The fourth-order valence-corrected chi connectivity index (χ4v) is 2.77. The maximum atomic E-state index is 12.2. The average molecular weight is 302 g/mol. The van der Waals surface area contributed by atoms with Crippen LogP contribution in [0.2, 0.25) is 0 Å². The Morgan fingerprint density at radius 1 is 1.32 bits per heavy atom. The van der Waals surface area contributed by atoms with Gasteiger partial charge in [-0.05, 0) is 55.5 Å². The Morgan fingerprint density at radius 2 is 1.95 bits per heavy atom. The second kappa shape index (κ2) is 7.99. The first-order valence-corrected chi connectivity index (χ1v) is 8.00. The largest absolute Gasteiger partial charge is 0.489 e. The third-order valence-electron chi connectivity index (χ3n) is 4.07. The van der Waals surface area contributed by atoms with Crippen LogP contribution in [-0.2, 0) is 4.79 Å². The SMILES string of the molecule is C=C(C)COc1ccc(NC(=O)[C@@H](N)C2CCCCC2)cc1. The summed E-state index contributed by atoms with van der Waals surface area (Å²) in [6.07, 6.45) is 5.74. The van der Waals surface area contributed by atoms with Gasteiger partial charge in [-0.3, -0.25) is 4.79 Å². The number of carbonyl (C=O) groups is 1. The van der Waals surface area contributed by atoms with Crippen molar-refractivity contribution in [1.82, 2.24) is 0 Å². The van der Waals surface area contributed by atoms with Gasteiger partial charge in [0.25, 0.3) is 0 Å². The fraction of sp³-hybridized carbons (Fsp3) is 0.500. The number of nitrogens with one attached hydrogen (secondary N) is 1. The molecule has 22 heavy (non-hydrogen) atoms. The van der Waals surface area contributed by atoms with Crippen molar-refractivity contribution in [3.05, 3.63) is 36.4 Å². The van der Waals surface area contributed by atoms with Crippen molar-refractivity contribution in [2.24, 2.45) is 11.7 Å². The van der Waals surface area contributed by atoms with E-state index in [1.807, 2.05) is 31.2 Å². The van der Waals surface area contributed by atoms with Crippen molar-refractivity contribution < 1.29 is 9.53 Å². The van der Waals surface area contributed by atoms with Crippen LogP contribution >= 0.6 is 0 Å². The van der Waals surface area contributed by atoms with Gasteiger partial charge in [-0.15, -0.1) is 0 Å². The van der Waals surface area contributed by atoms with Crippen LogP contribution in [0, 0.1) is 5.92 Å². The van der Waals surface area contributed by atoms with Crippen molar-refractivity contribution in [3.8, 4) is 5.75 Å². The van der Waals surface area contributed by atoms with Crippen LogP contribution in [-0.4, -0.2) is 18.6 Å². The summed E-state index contributed by atoms with van der Waals surface area (Å²) in [7, 11) is 0. The molecule has 1 aromatic carbocycles. The molecule has 0 saturated heterocycles. The van der Waals surface area contributed by atoms with E-state index >= 15 is 0 Å². The zero-order chi connectivity index (χ0) is 15.9. The number of ether oxygens (including phenoxy) is 1. The van der Waals surface area contributed by atoms with Crippen LogP contribution in [0.1, 0.15) is 39.0 Å². The molecule has 3 N–H and O–H groups in total. The van der Waals surface area contributed by atoms with Crippen LogP contribution < -0.4 is 15.8 Å². The van der Waals surface area contributed by atoms with Crippen molar-refractivity contribution in [1.29, 1.82) is 0 Å². The second-order valence-corrected chi connectivity index (χ2v) is 6.18. The smallest absolute Gasteiger partial charge is 0.241 e. The maximum Gasteiger partial charge on any atom is 0.241 e. The van der Waals surface area contributed by atoms with Gasteiger partial charge in [0.1, 0.15) is 12.4 Å². The first-order valence-electron chi connectivity index (χ1n) is 8.00. The molecule has 2 rings (SSSR count). The highest BCUT2D eigenvalue weighted by Crippen LogP contribution is 2.26. The average Bonchev–Trinajstić information content (AvgIpc) is 2.54. The van der Waals surface area contributed by atoms with E-state index in [4.69, 9.17) is 10.5 Å². The minimum atomic E-state index is -0.417. The third kappa shape index (κ3) is 4.88. The fourth-order valence-electron chi connectivity index (χ4n) is 2.77. The molecule has 1 aliphatic carbocycles. The summed E-state index contributed by atoms with van der Waals surface area (Å²) in [4.78, 5) is 12.2. The highest BCUT2D eigenvalue weighted by Gasteiger charge is 2.26. The zero-order valence-electron chi connectivity index (χ0n) is 13.3. The molecule has 0 radical (unpaired) electrons. The summed E-state index contributed by atoms with van der Waals surface area (Å²) in [6.45, 7) is 6.21. The van der Waals surface area contributed by atoms with Crippen molar-refractivity contribution in [2.45, 2.75) is 45.1 Å². The zero-order valence-corrected chi connectivity index (χ0v) is 13.3. The Bertz CT molecular complexity index is 504. The first-order chi connectivity index (χ1) is 10.6. The number of anilines is 1. The lowest BCUT2D eigenvalue weighted by molar-refractivity contribution is -0.118. The molecule has 4 heteroatoms. The van der Waals surface area contributed by atoms with Gasteiger partial charge in [-0.1, -0.05) is 25.8 Å². The monoisotopic (exact) mass is 302 g/mol. The van der Waals surface area contributed by atoms with E-state index in [-0.39, 0.29) is 5.91 Å². The first kappa shape index (κ1) is 16.6. The lowest BCUT2D eigenvalue weighted by Crippen LogP contribution is -2.42. The third-order valence-corrected chi connectivity index (χ3v) is 4.07. The van der Waals surface area contributed by atoms with Gasteiger partial charge in [0.05, 0.1) is 6.04 Å². The predicted octanol–water partition coefficient (Wildman–Crippen LogP) is 3.49. The quantitative estimate of drug-likeness (QED) is 0.791. The van der Waals surface area contributed by atoms with Crippen molar-refractivity contribution in [3.63, 3.8) is 0 Å². The van der Waals surface area contributed by atoms with Gasteiger partial charge in [0, 0.05) is 5.69 Å². The van der Waals surface area contributed by atoms with Crippen LogP contribution in [0.5, 0.6) is 5.75 Å². The van der Waals surface area contributed by atoms with E-state index in [1.165, 1.54) is 19.3 Å². The molecule has 1 aliphatic rings. The Labute approximate surface area is 132 Å². The number of carbonyl (C=O) groups excluding carboxylic acids is 1. The second-order valence-electron chi connectivity index (χ2n) is 6.18. The number of rotatable bonds is 6. The number of amides is 1. The topological polar surface area (TPSA) is 64.3 Å². The van der Waals surface area contributed by atoms with E-state index in [1.54, 1.807) is 0 Å². The number of hydrogen-bond donors (Lipinski definition) is 2. The van der Waals surface area contributed by atoms with Gasteiger partial charge >= 0.3 is 0 Å². The maximum absolute atomic E-state index is 12.2. The Kier molecular flexibility index (Phi) is 6.01. The van der Waals surface area contributed by atoms with E-state index in [0.717, 1.165) is 29.9 Å². The van der Waals surface area contributed by atoms with E-state index in [9.17, 15) is 4.79 Å². The molecule has 120 valence electrons. The molecule has 0 heterocycles. The Balaban J connectivity index is 1.86. The lowest BCUT2D eigenvalue weighted by atomic mass is 9.84. The molecule has 1 amide bonds. The number of nitrogens with two attached hydrogens (primary N) is 1. The summed E-state index contributed by atoms with van der Waals surface area (Å²) in [6, 6.07) is 6.92. The minimum Gasteiger partial charge on any atom is -0.489 e. The molecular formula is C18H26N2O2. The Hall–Kier alpha value is -1.81. The Morgan fingerprint density at radius 3 is 2.55 bits per heavy atom. The minimum absolute atomic E-state index is 0.0949. The molecule has 1 aromatic rings. The summed E-state index contributed by atoms with van der Waals surface area (Å²) < 4.78 is 5.53. The predicted molar refractivity (Wildman–Crippen MR) is 89.9 cm³/mol. The number of benzene rings is 1. The van der Waals surface area contributed by atoms with E-state index in [2.05, 4.69) is 11.9 Å². The highest BCUT2D eigenvalue weighted by molar-refractivity contribution is 5.94. The molecule has 1 saturated carbocycles. The summed E-state index contributed by atoms with van der Waals surface area (Å²) in [5.74, 6) is 0.979. The van der Waals surface area contributed by atoms with Crippen LogP contribution in [0.3, 0.4) is 0 Å².